The second-order valence-electron chi connectivity index (χ2n) is 10.1. The van der Waals surface area contributed by atoms with Crippen molar-refractivity contribution >= 4 is 35.1 Å². The average Bonchev–Trinajstić information content (AvgIpc) is 3.18. The van der Waals surface area contributed by atoms with Gasteiger partial charge in [-0.3, -0.25) is 9.59 Å². The molecule has 1 heterocycles. The molecule has 0 spiro atoms. The van der Waals surface area contributed by atoms with Gasteiger partial charge in [0.15, 0.2) is 5.78 Å². The van der Waals surface area contributed by atoms with E-state index in [1.807, 2.05) is 69.3 Å². The second-order valence-corrected chi connectivity index (χ2v) is 10.1. The Labute approximate surface area is 220 Å². The van der Waals surface area contributed by atoms with E-state index in [1.54, 1.807) is 0 Å². The van der Waals surface area contributed by atoms with Gasteiger partial charge in [0.2, 0.25) is 0 Å². The largest absolute Gasteiger partial charge is 0.492 e. The van der Waals surface area contributed by atoms with Crippen molar-refractivity contribution in [2.75, 3.05) is 19.7 Å². The Morgan fingerprint density at radius 1 is 1.06 bits per heavy atom. The van der Waals surface area contributed by atoms with Crippen LogP contribution in [0, 0.1) is 5.41 Å². The Balaban J connectivity index is 0.000000827. The molecular weight excluding hydrogens is 478 g/mol. The molecule has 0 saturated carbocycles. The van der Waals surface area contributed by atoms with Gasteiger partial charge in [-0.05, 0) is 42.2 Å². The molecule has 7 heteroatoms. The monoisotopic (exact) mass is 517 g/mol. The van der Waals surface area contributed by atoms with Gasteiger partial charge in [0.1, 0.15) is 23.7 Å². The summed E-state index contributed by atoms with van der Waals surface area (Å²) in [7, 11) is 0. The summed E-state index contributed by atoms with van der Waals surface area (Å²) in [6.45, 7) is 14.8. The summed E-state index contributed by atoms with van der Waals surface area (Å²) in [5.41, 5.74) is 2.31. The Morgan fingerprint density at radius 2 is 1.69 bits per heavy atom. The number of ketones is 1. The number of hydrogen-bond acceptors (Lipinski definition) is 5. The van der Waals surface area contributed by atoms with Crippen molar-refractivity contribution in [3.63, 3.8) is 0 Å². The third-order valence-electron chi connectivity index (χ3n) is 5.16. The van der Waals surface area contributed by atoms with Crippen molar-refractivity contribution in [1.29, 1.82) is 0 Å². The summed E-state index contributed by atoms with van der Waals surface area (Å²) in [4.78, 5) is 22.8. The fraction of sp³-hybridized carbons (Fsp3) is 0.448. The number of rotatable bonds is 10. The molecule has 1 aromatic heterocycles. The number of carbonyl (C=O) groups excluding carboxylic acids is 1. The third-order valence-corrected chi connectivity index (χ3v) is 5.16. The predicted octanol–water partition coefficient (Wildman–Crippen LogP) is 7.09. The van der Waals surface area contributed by atoms with Crippen LogP contribution in [0.4, 0.5) is 0 Å². The quantitative estimate of drug-likeness (QED) is 0.220. The van der Waals surface area contributed by atoms with Crippen LogP contribution >= 0.6 is 12.4 Å². The van der Waals surface area contributed by atoms with Gasteiger partial charge in [0, 0.05) is 36.4 Å². The first-order valence-corrected chi connectivity index (χ1v) is 12.2. The molecule has 36 heavy (non-hydrogen) atoms. The number of fused-ring (bicyclic) bond motifs is 1. The van der Waals surface area contributed by atoms with Crippen LogP contribution in [0.15, 0.2) is 52.9 Å². The molecule has 0 amide bonds. The number of carbonyl (C=O) groups is 2. The second kappa shape index (κ2) is 14.7. The van der Waals surface area contributed by atoms with E-state index in [2.05, 4.69) is 26.1 Å². The van der Waals surface area contributed by atoms with Gasteiger partial charge in [0.05, 0.1) is 5.56 Å². The van der Waals surface area contributed by atoms with Crippen LogP contribution in [0.1, 0.15) is 82.0 Å². The SMILES string of the molecule is CC(C)c1oc2ccccc2c1C(=O)c1ccc(OCCNCC(C)(C)C)cc1.CCCC(=O)O.Cl. The number of ether oxygens (including phenoxy) is 1. The van der Waals surface area contributed by atoms with Crippen molar-refractivity contribution in [3.8, 4) is 5.75 Å². The number of hydrogen-bond donors (Lipinski definition) is 2. The van der Waals surface area contributed by atoms with Gasteiger partial charge in [0.25, 0.3) is 0 Å². The van der Waals surface area contributed by atoms with Gasteiger partial charge in [-0.25, -0.2) is 0 Å². The Kier molecular flexibility index (Phi) is 12.7. The minimum Gasteiger partial charge on any atom is -0.492 e. The van der Waals surface area contributed by atoms with Gasteiger partial charge < -0.3 is 19.6 Å². The van der Waals surface area contributed by atoms with E-state index < -0.39 is 5.97 Å². The Bertz CT molecular complexity index is 1100. The lowest BCUT2D eigenvalue weighted by atomic mass is 9.96. The lowest BCUT2D eigenvalue weighted by molar-refractivity contribution is -0.137. The van der Waals surface area contributed by atoms with E-state index >= 15 is 0 Å². The molecule has 0 aliphatic rings. The fourth-order valence-corrected chi connectivity index (χ4v) is 3.47. The number of carboxylic acid groups (broad SMARTS) is 1. The smallest absolute Gasteiger partial charge is 0.303 e. The number of para-hydroxylation sites is 1. The number of carboxylic acids is 1. The van der Waals surface area contributed by atoms with Crippen molar-refractivity contribution in [2.45, 2.75) is 60.3 Å². The minimum absolute atomic E-state index is 0. The number of halogens is 1. The van der Waals surface area contributed by atoms with Crippen molar-refractivity contribution in [1.82, 2.24) is 5.32 Å². The normalized spacial score (nSPS) is 11.0. The maximum Gasteiger partial charge on any atom is 0.303 e. The first kappa shape index (κ1) is 31.2. The highest BCUT2D eigenvalue weighted by molar-refractivity contribution is 6.17. The van der Waals surface area contributed by atoms with Crippen LogP contribution in [-0.2, 0) is 4.79 Å². The predicted molar refractivity (Wildman–Crippen MR) is 148 cm³/mol. The van der Waals surface area contributed by atoms with E-state index in [0.29, 0.717) is 24.2 Å². The lowest BCUT2D eigenvalue weighted by Crippen LogP contribution is -2.30. The first-order valence-electron chi connectivity index (χ1n) is 12.2. The highest BCUT2D eigenvalue weighted by atomic mass is 35.5. The van der Waals surface area contributed by atoms with E-state index in [1.165, 1.54) is 0 Å². The zero-order chi connectivity index (χ0) is 26.0. The molecule has 6 nitrogen and oxygen atoms in total. The highest BCUT2D eigenvalue weighted by Crippen LogP contribution is 2.32. The summed E-state index contributed by atoms with van der Waals surface area (Å²) < 4.78 is 11.8. The molecule has 0 atom stereocenters. The van der Waals surface area contributed by atoms with Crippen molar-refractivity contribution < 1.29 is 23.8 Å². The Hall–Kier alpha value is -2.83. The number of furan rings is 1. The van der Waals surface area contributed by atoms with E-state index in [9.17, 15) is 9.59 Å². The number of nitrogens with one attached hydrogen (secondary N) is 1. The lowest BCUT2D eigenvalue weighted by Gasteiger charge is -2.18. The van der Waals surface area contributed by atoms with E-state index in [4.69, 9.17) is 14.3 Å². The van der Waals surface area contributed by atoms with E-state index in [-0.39, 0.29) is 29.5 Å². The molecular formula is C29H40ClNO5. The molecule has 2 aromatic carbocycles. The molecule has 3 rings (SSSR count). The maximum absolute atomic E-state index is 13.2. The van der Waals surface area contributed by atoms with Gasteiger partial charge in [-0.2, -0.15) is 0 Å². The molecule has 2 N–H and O–H groups in total. The zero-order valence-electron chi connectivity index (χ0n) is 22.2. The number of aliphatic carboxylic acids is 1. The molecule has 3 aromatic rings. The summed E-state index contributed by atoms with van der Waals surface area (Å²) in [5, 5.41) is 12.2. The van der Waals surface area contributed by atoms with Crippen LogP contribution in [0.2, 0.25) is 0 Å². The van der Waals surface area contributed by atoms with E-state index in [0.717, 1.165) is 42.0 Å². The molecule has 0 radical (unpaired) electrons. The van der Waals surface area contributed by atoms with Gasteiger partial charge >= 0.3 is 5.97 Å². The maximum atomic E-state index is 13.2. The summed E-state index contributed by atoms with van der Waals surface area (Å²) in [6, 6.07) is 15.1. The highest BCUT2D eigenvalue weighted by Gasteiger charge is 2.23. The molecule has 0 aliphatic carbocycles. The standard InChI is InChI=1S/C25H31NO3.C4H8O2.ClH/c1-17(2)24-22(20-8-6-7-9-21(20)29-24)23(27)18-10-12-19(13-11-18)28-15-14-26-16-25(3,4)5;1-2-3-4(5)6;/h6-13,17,26H,14-16H2,1-5H3;2-3H2,1H3,(H,5,6);1H. The minimum atomic E-state index is -0.711. The number of benzene rings is 2. The van der Waals surface area contributed by atoms with Gasteiger partial charge in [-0.15, -0.1) is 12.4 Å². The molecule has 198 valence electrons. The van der Waals surface area contributed by atoms with Crippen molar-refractivity contribution in [3.05, 3.63) is 65.4 Å². The molecule has 0 saturated heterocycles. The molecule has 0 unspecified atom stereocenters. The van der Waals surface area contributed by atoms with Crippen LogP contribution in [-0.4, -0.2) is 36.6 Å². The van der Waals surface area contributed by atoms with Crippen LogP contribution < -0.4 is 10.1 Å². The fourth-order valence-electron chi connectivity index (χ4n) is 3.47. The van der Waals surface area contributed by atoms with Crippen LogP contribution in [0.25, 0.3) is 11.0 Å². The van der Waals surface area contributed by atoms with Crippen LogP contribution in [0.3, 0.4) is 0 Å². The molecule has 0 aliphatic heterocycles. The van der Waals surface area contributed by atoms with Crippen LogP contribution in [0.5, 0.6) is 5.75 Å². The summed E-state index contributed by atoms with van der Waals surface area (Å²) in [6.07, 6.45) is 1.02. The molecule has 0 fully saturated rings. The van der Waals surface area contributed by atoms with Crippen molar-refractivity contribution in [2.24, 2.45) is 5.41 Å². The topological polar surface area (TPSA) is 88.8 Å². The molecule has 0 bridgehead atoms. The first-order chi connectivity index (χ1) is 16.5. The van der Waals surface area contributed by atoms with Gasteiger partial charge in [-0.1, -0.05) is 59.7 Å². The summed E-state index contributed by atoms with van der Waals surface area (Å²) >= 11 is 0. The zero-order valence-corrected chi connectivity index (χ0v) is 23.0. The Morgan fingerprint density at radius 3 is 2.22 bits per heavy atom. The average molecular weight is 518 g/mol. The third kappa shape index (κ3) is 9.67. The summed E-state index contributed by atoms with van der Waals surface area (Å²) in [5.74, 6) is 0.904.